The fraction of sp³-hybridized carbons (Fsp3) is 0.256. The maximum atomic E-state index is 14.0. The number of para-hydroxylation sites is 1. The van der Waals surface area contributed by atoms with Crippen molar-refractivity contribution < 1.29 is 84.0 Å². The number of aromatic hydroxyl groups is 1. The Balaban J connectivity index is 1.34. The fourth-order valence-electron chi connectivity index (χ4n) is 6.51. The number of carbonyl (C=O) groups is 7. The summed E-state index contributed by atoms with van der Waals surface area (Å²) in [6.07, 6.45) is -13.3. The van der Waals surface area contributed by atoms with Gasteiger partial charge in [-0.15, -0.1) is 0 Å². The van der Waals surface area contributed by atoms with Crippen molar-refractivity contribution in [1.29, 1.82) is 0 Å². The highest BCUT2D eigenvalue weighted by molar-refractivity contribution is 6.09. The van der Waals surface area contributed by atoms with Crippen molar-refractivity contribution in [3.8, 4) is 33.9 Å². The molecule has 3 aromatic rings. The van der Waals surface area contributed by atoms with E-state index in [4.69, 9.17) is 9.15 Å². The molecule has 1 aliphatic carbocycles. The summed E-state index contributed by atoms with van der Waals surface area (Å²) in [5.41, 5.74) is -1.02. The smallest absolute Gasteiger partial charge is 0.403 e. The maximum Gasteiger partial charge on any atom is 0.403 e. The van der Waals surface area contributed by atoms with Crippen molar-refractivity contribution in [1.82, 2.24) is 21.3 Å². The fourth-order valence-corrected chi connectivity index (χ4v) is 6.51. The lowest BCUT2D eigenvalue weighted by Crippen LogP contribution is -2.62. The van der Waals surface area contributed by atoms with E-state index >= 15 is 0 Å². The third-order valence-corrected chi connectivity index (χ3v) is 9.69. The van der Waals surface area contributed by atoms with Gasteiger partial charge in [-0.2, -0.15) is 26.3 Å². The van der Waals surface area contributed by atoms with E-state index in [2.05, 4.69) is 10.1 Å². The number of aromatic carboxylic acids is 1. The number of hydrogen-bond acceptors (Lipinski definition) is 12. The standard InChI is InChI=1S/C43H36F6N4O13/c1-20(38(59)52-29(17-34(58)64-2)30(56)19-65-24-6-4-3-5-7-24)51-40(61)36(37(42(44,45)46)43(47,48)49)53-33(57)18-50-39(60)21-8-11-25(28(14-21)41(62)63)35-26-12-9-22(54)15-31(26)66-32-16-23(55)10-13-27(32)35/h3-16,20,29,36-37,54H,17-19H2,1-2H3,(H,50,60)(H,51,61)(H,52,59)(H,53,57)(H,62,63). The van der Waals surface area contributed by atoms with Crippen molar-refractivity contribution in [3.05, 3.63) is 106 Å². The van der Waals surface area contributed by atoms with Gasteiger partial charge in [0.1, 0.15) is 47.6 Å². The number of ether oxygens (including phenoxy) is 2. The predicted octanol–water partition coefficient (Wildman–Crippen LogP) is 4.12. The van der Waals surface area contributed by atoms with Crippen LogP contribution in [0.25, 0.3) is 33.4 Å². The van der Waals surface area contributed by atoms with E-state index in [1.807, 2.05) is 5.32 Å². The molecule has 1 heterocycles. The lowest BCUT2D eigenvalue weighted by atomic mass is 9.90. The van der Waals surface area contributed by atoms with E-state index in [-0.39, 0.29) is 44.9 Å². The topological polar surface area (TPSA) is 257 Å². The number of amides is 4. The number of Topliss-reactive ketones (excluding diaryl/α,β-unsaturated/α-hetero) is 1. The highest BCUT2D eigenvalue weighted by Crippen LogP contribution is 2.43. The van der Waals surface area contributed by atoms with Crippen LogP contribution in [0.5, 0.6) is 11.5 Å². The minimum atomic E-state index is -6.24. The third-order valence-electron chi connectivity index (χ3n) is 9.69. The summed E-state index contributed by atoms with van der Waals surface area (Å²) in [4.78, 5) is 102. The van der Waals surface area contributed by atoms with Crippen LogP contribution in [0.15, 0.2) is 94.1 Å². The quantitative estimate of drug-likeness (QED) is 0.0436. The van der Waals surface area contributed by atoms with Gasteiger partial charge in [0, 0.05) is 34.2 Å². The van der Waals surface area contributed by atoms with Crippen molar-refractivity contribution in [3.63, 3.8) is 0 Å². The molecular weight excluding hydrogens is 894 g/mol. The molecule has 66 heavy (non-hydrogen) atoms. The summed E-state index contributed by atoms with van der Waals surface area (Å²) in [6, 6.07) is 11.1. The van der Waals surface area contributed by atoms with Crippen LogP contribution in [0.3, 0.4) is 0 Å². The lowest BCUT2D eigenvalue weighted by molar-refractivity contribution is -0.289. The van der Waals surface area contributed by atoms with Crippen LogP contribution in [-0.4, -0.2) is 102 Å². The van der Waals surface area contributed by atoms with Gasteiger partial charge in [-0.25, -0.2) is 4.79 Å². The number of carboxylic acids is 1. The molecule has 1 aliphatic heterocycles. The van der Waals surface area contributed by atoms with Crippen LogP contribution >= 0.6 is 0 Å². The third kappa shape index (κ3) is 12.0. The first-order chi connectivity index (χ1) is 31.0. The first kappa shape index (κ1) is 49.0. The molecule has 0 bridgehead atoms. The molecule has 3 atom stereocenters. The number of esters is 1. The summed E-state index contributed by atoms with van der Waals surface area (Å²) in [5.74, 6) is -14.7. The molecular formula is C43H36F6N4O13. The number of carboxylic acid groups (broad SMARTS) is 1. The second-order valence-electron chi connectivity index (χ2n) is 14.3. The molecule has 4 amide bonds. The number of methoxy groups -OCH3 is 1. The van der Waals surface area contributed by atoms with Gasteiger partial charge in [-0.3, -0.25) is 33.6 Å². The Labute approximate surface area is 367 Å². The van der Waals surface area contributed by atoms with Crippen molar-refractivity contribution in [2.24, 2.45) is 5.92 Å². The number of nitrogens with one attached hydrogen (secondary N) is 4. The zero-order valence-electron chi connectivity index (χ0n) is 34.2. The van der Waals surface area contributed by atoms with Gasteiger partial charge >= 0.3 is 24.3 Å². The highest BCUT2D eigenvalue weighted by Gasteiger charge is 2.62. The summed E-state index contributed by atoms with van der Waals surface area (Å²) in [7, 11) is 0.951. The monoisotopic (exact) mass is 930 g/mol. The molecule has 0 spiro atoms. The molecule has 3 aromatic carbocycles. The number of carbonyl (C=O) groups excluding carboxylic acids is 6. The maximum absolute atomic E-state index is 14.0. The van der Waals surface area contributed by atoms with Gasteiger partial charge in [-0.05, 0) is 61.0 Å². The van der Waals surface area contributed by atoms with Crippen LogP contribution in [0.2, 0.25) is 0 Å². The average molecular weight is 931 g/mol. The SMILES string of the molecule is COC(=O)CC(NC(=O)C(C)NC(=O)C(NC(=O)CNC(=O)c1ccc(-c2c3ccc(=O)cc-3oc3cc(O)ccc23)c(C(=O)O)c1)C(C(F)(F)F)C(F)(F)F)C(=O)COc1ccccc1. The van der Waals surface area contributed by atoms with Gasteiger partial charge in [0.05, 0.1) is 25.6 Å². The lowest BCUT2D eigenvalue weighted by Gasteiger charge is -2.31. The Hall–Kier alpha value is -7.98. The first-order valence-electron chi connectivity index (χ1n) is 19.1. The molecule has 6 N–H and O–H groups in total. The van der Waals surface area contributed by atoms with Crippen LogP contribution in [0.4, 0.5) is 26.3 Å². The number of phenols is 1. The first-order valence-corrected chi connectivity index (χ1v) is 19.1. The molecule has 3 unspecified atom stereocenters. The Kier molecular flexibility index (Phi) is 15.0. The van der Waals surface area contributed by atoms with Crippen LogP contribution in [0, 0.1) is 5.92 Å². The van der Waals surface area contributed by atoms with Crippen LogP contribution in [-0.2, 0) is 28.7 Å². The number of alkyl halides is 6. The van der Waals surface area contributed by atoms with Crippen molar-refractivity contribution in [2.75, 3.05) is 20.3 Å². The summed E-state index contributed by atoms with van der Waals surface area (Å²) >= 11 is 0. The predicted molar refractivity (Wildman–Crippen MR) is 216 cm³/mol. The molecule has 0 aromatic heterocycles. The van der Waals surface area contributed by atoms with E-state index in [0.29, 0.717) is 0 Å². The van der Waals surface area contributed by atoms with Gasteiger partial charge in [0.15, 0.2) is 17.1 Å². The minimum absolute atomic E-state index is 0.00391. The molecule has 0 saturated heterocycles. The molecule has 0 radical (unpaired) electrons. The van der Waals surface area contributed by atoms with Crippen LogP contribution in [0.1, 0.15) is 34.1 Å². The van der Waals surface area contributed by atoms with E-state index < -0.39 is 114 Å². The summed E-state index contributed by atoms with van der Waals surface area (Å²) in [6.45, 7) is -1.28. The number of rotatable bonds is 17. The van der Waals surface area contributed by atoms with Crippen molar-refractivity contribution >= 4 is 52.3 Å². The molecule has 348 valence electrons. The van der Waals surface area contributed by atoms with Gasteiger partial charge in [0.2, 0.25) is 17.7 Å². The van der Waals surface area contributed by atoms with Gasteiger partial charge in [0.25, 0.3) is 5.91 Å². The number of hydrogen-bond donors (Lipinski definition) is 6. The Morgan fingerprint density at radius 1 is 0.788 bits per heavy atom. The van der Waals surface area contributed by atoms with Gasteiger partial charge in [-0.1, -0.05) is 24.3 Å². The molecule has 17 nitrogen and oxygen atoms in total. The molecule has 0 fully saturated rings. The number of ketones is 1. The average Bonchev–Trinajstić information content (AvgIpc) is 3.24. The number of halogens is 6. The van der Waals surface area contributed by atoms with E-state index in [9.17, 15) is 74.9 Å². The molecule has 2 aliphatic rings. The largest absolute Gasteiger partial charge is 0.508 e. The normalized spacial score (nSPS) is 13.0. The van der Waals surface area contributed by atoms with E-state index in [1.165, 1.54) is 53.8 Å². The Morgan fingerprint density at radius 2 is 1.45 bits per heavy atom. The highest BCUT2D eigenvalue weighted by atomic mass is 19.4. The van der Waals surface area contributed by atoms with E-state index in [1.54, 1.807) is 23.5 Å². The number of benzene rings is 4. The van der Waals surface area contributed by atoms with E-state index in [0.717, 1.165) is 32.2 Å². The van der Waals surface area contributed by atoms with Crippen LogP contribution < -0.4 is 31.4 Å². The second-order valence-corrected chi connectivity index (χ2v) is 14.3. The Bertz CT molecular complexity index is 2690. The Morgan fingerprint density at radius 3 is 2.09 bits per heavy atom. The van der Waals surface area contributed by atoms with Crippen molar-refractivity contribution in [2.45, 2.75) is 43.8 Å². The molecule has 5 rings (SSSR count). The molecule has 23 heteroatoms. The zero-order chi connectivity index (χ0) is 48.7. The summed E-state index contributed by atoms with van der Waals surface area (Å²) in [5, 5.41) is 27.4. The van der Waals surface area contributed by atoms with Gasteiger partial charge < -0.3 is 45.4 Å². The molecule has 0 saturated carbocycles. The minimum Gasteiger partial charge on any atom is -0.508 e. The zero-order valence-corrected chi connectivity index (χ0v) is 34.2. The second kappa shape index (κ2) is 20.2. The number of phenolic OH excluding ortho intramolecular Hbond substituents is 1. The number of fused-ring (bicyclic) bond motifs is 2. The summed E-state index contributed by atoms with van der Waals surface area (Å²) < 4.78 is 99.7.